The molecule has 0 saturated carbocycles. The van der Waals surface area contributed by atoms with E-state index in [1.807, 2.05) is 6.92 Å². The summed E-state index contributed by atoms with van der Waals surface area (Å²) in [6.45, 7) is 12.1. The van der Waals surface area contributed by atoms with Gasteiger partial charge in [0.05, 0.1) is 18.1 Å². The molecular formula is C24H45B2N7O8P2Si. The Balaban J connectivity index is 1.77. The molecule has 0 radical (unpaired) electrons. The van der Waals surface area contributed by atoms with Crippen LogP contribution in [0.1, 0.15) is 41.0 Å². The predicted octanol–water partition coefficient (Wildman–Crippen LogP) is 0.387. The average Bonchev–Trinajstić information content (AvgIpc) is 3.52. The summed E-state index contributed by atoms with van der Waals surface area (Å²) in [4.78, 5) is 63.1. The molecular weight excluding hydrogens is 626 g/mol. The lowest BCUT2D eigenvalue weighted by atomic mass is 9.77. The van der Waals surface area contributed by atoms with Crippen LogP contribution in [0.4, 0.5) is 9.59 Å². The Bertz CT molecular complexity index is 1140. The predicted molar refractivity (Wildman–Crippen MR) is 177 cm³/mol. The highest BCUT2D eigenvalue weighted by Gasteiger charge is 2.61. The lowest BCUT2D eigenvalue weighted by Crippen LogP contribution is -2.65. The molecule has 3 heterocycles. The molecule has 44 heavy (non-hydrogen) atoms. The summed E-state index contributed by atoms with van der Waals surface area (Å²) in [5, 5.41) is 14.3. The minimum atomic E-state index is -1.95. The standard InChI is InChI=1S/C24H45B2N7O8P2Si/c1-6-44(7-2,8-3)41-14(5)17-18-13(4)16(19(33(18)20(17)34)21(35)39-42-30-25)12-32-10-9-15(11-32)27-22(28-23(36)37)29-24(38)40-43-31-26/h13-15,17-18,30-31,42-43H,6-12,25-26H2,1-5H3,(H,36,37)(H2,27,28,29,38)/t13-,14+,15+,17?,18+/m0/s1. The van der Waals surface area contributed by atoms with Crippen molar-refractivity contribution in [3.05, 3.63) is 11.3 Å². The van der Waals surface area contributed by atoms with E-state index in [4.69, 9.17) is 13.5 Å². The summed E-state index contributed by atoms with van der Waals surface area (Å²) in [6, 6.07) is 2.53. The molecule has 3 aliphatic heterocycles. The van der Waals surface area contributed by atoms with E-state index in [1.54, 1.807) is 20.9 Å². The van der Waals surface area contributed by atoms with E-state index in [0.29, 0.717) is 31.8 Å². The summed E-state index contributed by atoms with van der Waals surface area (Å²) >= 11 is 0. The van der Waals surface area contributed by atoms with Gasteiger partial charge < -0.3 is 38.8 Å². The lowest BCUT2D eigenvalue weighted by molar-refractivity contribution is -0.161. The maximum Gasteiger partial charge on any atom is 0.440 e. The number of amides is 3. The van der Waals surface area contributed by atoms with Crippen LogP contribution in [0, 0.1) is 11.8 Å². The number of hydrogen-bond acceptors (Lipinski definition) is 10. The second-order valence-electron chi connectivity index (χ2n) is 11.2. The Hall–Kier alpha value is -2.06. The zero-order chi connectivity index (χ0) is 32.6. The van der Waals surface area contributed by atoms with Gasteiger partial charge in [0.1, 0.15) is 23.6 Å². The second kappa shape index (κ2) is 16.5. The summed E-state index contributed by atoms with van der Waals surface area (Å²) in [5.41, 5.74) is 1.15. The zero-order valence-electron chi connectivity index (χ0n) is 26.5. The number of carbonyl (C=O) groups is 4. The van der Waals surface area contributed by atoms with Crippen LogP contribution in [0.2, 0.25) is 18.1 Å². The third-order valence-corrected chi connectivity index (χ3v) is 14.5. The molecule has 0 aliphatic carbocycles. The van der Waals surface area contributed by atoms with Crippen molar-refractivity contribution in [2.75, 3.05) is 19.6 Å². The summed E-state index contributed by atoms with van der Waals surface area (Å²) in [5.74, 6) is -1.30. The van der Waals surface area contributed by atoms with Gasteiger partial charge in [-0.15, -0.1) is 4.99 Å². The van der Waals surface area contributed by atoms with Crippen molar-refractivity contribution in [3.8, 4) is 0 Å². The number of hydrogen-bond donors (Lipinski definition) is 5. The van der Waals surface area contributed by atoms with Crippen LogP contribution in [0.15, 0.2) is 16.3 Å². The molecule has 3 amide bonds. The van der Waals surface area contributed by atoms with Gasteiger partial charge in [-0.1, -0.05) is 27.7 Å². The number of aliphatic imine (C=N–C) groups is 1. The van der Waals surface area contributed by atoms with Crippen LogP contribution < -0.4 is 20.6 Å². The maximum absolute atomic E-state index is 13.6. The smallest absolute Gasteiger partial charge is 0.440 e. The Morgan fingerprint density at radius 3 is 2.36 bits per heavy atom. The van der Waals surface area contributed by atoms with Crippen LogP contribution in [-0.2, 0) is 23.1 Å². The molecule has 0 aromatic rings. The molecule has 2 saturated heterocycles. The molecule has 2 fully saturated rings. The van der Waals surface area contributed by atoms with E-state index in [9.17, 15) is 24.3 Å². The molecule has 20 heteroatoms. The first-order valence-corrected chi connectivity index (χ1v) is 19.4. The van der Waals surface area contributed by atoms with Crippen molar-refractivity contribution >= 4 is 72.2 Å². The van der Waals surface area contributed by atoms with Crippen LogP contribution in [0.25, 0.3) is 0 Å². The molecule has 5 N–H and O–H groups in total. The highest BCUT2D eigenvalue weighted by Crippen LogP contribution is 2.49. The molecule has 7 atom stereocenters. The van der Waals surface area contributed by atoms with Gasteiger partial charge in [-0.2, -0.15) is 0 Å². The van der Waals surface area contributed by atoms with Gasteiger partial charge in [-0.05, 0) is 37.0 Å². The van der Waals surface area contributed by atoms with Crippen molar-refractivity contribution in [2.45, 2.75) is 77.4 Å². The number of carboxylic acid groups (broad SMARTS) is 1. The first kappa shape index (κ1) is 36.4. The first-order chi connectivity index (χ1) is 20.9. The van der Waals surface area contributed by atoms with E-state index in [0.717, 1.165) is 23.7 Å². The van der Waals surface area contributed by atoms with Gasteiger partial charge in [0, 0.05) is 31.6 Å². The van der Waals surface area contributed by atoms with Crippen molar-refractivity contribution in [2.24, 2.45) is 16.8 Å². The molecule has 0 aromatic carbocycles. The van der Waals surface area contributed by atoms with Crippen LogP contribution in [-0.4, -0.2) is 107 Å². The third-order valence-electron chi connectivity index (χ3n) is 8.79. The first-order valence-electron chi connectivity index (χ1n) is 15.0. The molecule has 0 spiro atoms. The molecule has 3 rings (SSSR count). The minimum absolute atomic E-state index is 0.0919. The lowest BCUT2D eigenvalue weighted by Gasteiger charge is -2.49. The Kier molecular flexibility index (Phi) is 13.6. The molecule has 0 bridgehead atoms. The fourth-order valence-electron chi connectivity index (χ4n) is 6.38. The maximum atomic E-state index is 13.6. The van der Waals surface area contributed by atoms with Crippen LogP contribution in [0.3, 0.4) is 0 Å². The van der Waals surface area contributed by atoms with E-state index in [2.05, 4.69) is 58.2 Å². The molecule has 3 aliphatic rings. The summed E-state index contributed by atoms with van der Waals surface area (Å²) in [6.07, 6.45) is -1.93. The molecule has 0 aromatic heterocycles. The van der Waals surface area contributed by atoms with E-state index >= 15 is 0 Å². The monoisotopic (exact) mass is 671 g/mol. The number of carbonyl (C=O) groups excluding carboxylic acids is 3. The Labute approximate surface area is 265 Å². The van der Waals surface area contributed by atoms with E-state index in [1.165, 1.54) is 0 Å². The van der Waals surface area contributed by atoms with Crippen LogP contribution >= 0.6 is 17.9 Å². The number of β-lactam (4-membered cyclic amide) rings is 1. The highest BCUT2D eigenvalue weighted by atomic mass is 31.1. The molecule has 15 nitrogen and oxygen atoms in total. The Morgan fingerprint density at radius 1 is 1.14 bits per heavy atom. The SMILES string of the molecule is BNPOC(=O)/N=C(/NC(=O)O)N[C@@H]1CCN(CC2=C(C(=O)OPNB)N3C(=O)C([C@@H](C)O[Si](CC)(CC)CC)[C@H]3[C@H]2C)C1. The van der Waals surface area contributed by atoms with Gasteiger partial charge in [-0.3, -0.25) is 15.0 Å². The fourth-order valence-corrected chi connectivity index (χ4v) is 9.84. The van der Waals surface area contributed by atoms with Crippen molar-refractivity contribution in [1.29, 1.82) is 0 Å². The largest absolute Gasteiger partial charge is 0.465 e. The summed E-state index contributed by atoms with van der Waals surface area (Å²) in [7, 11) is 0.776. The zero-order valence-corrected chi connectivity index (χ0v) is 29.5. The highest BCUT2D eigenvalue weighted by molar-refractivity contribution is 7.32. The topological polar surface area (TPSA) is 183 Å². The normalized spacial score (nSPS) is 25.1. The second-order valence-corrected chi connectivity index (χ2v) is 17.7. The van der Waals surface area contributed by atoms with Gasteiger partial charge in [0.2, 0.25) is 11.9 Å². The van der Waals surface area contributed by atoms with E-state index < -0.39 is 26.5 Å². The van der Waals surface area contributed by atoms with Crippen molar-refractivity contribution in [3.63, 3.8) is 0 Å². The average molecular weight is 671 g/mol. The van der Waals surface area contributed by atoms with Gasteiger partial charge in [-0.25, -0.2) is 14.4 Å². The number of guanidine groups is 1. The quantitative estimate of drug-likeness (QED) is 0.0564. The minimum Gasteiger partial charge on any atom is -0.465 e. The van der Waals surface area contributed by atoms with Crippen molar-refractivity contribution < 1.29 is 37.8 Å². The Morgan fingerprint density at radius 2 is 1.77 bits per heavy atom. The number of nitrogens with zero attached hydrogens (tertiary/aromatic N) is 3. The summed E-state index contributed by atoms with van der Waals surface area (Å²) < 4.78 is 17.0. The number of nitrogens with one attached hydrogen (secondary N) is 4. The number of rotatable bonds is 14. The fraction of sp³-hybridized carbons (Fsp3) is 0.708. The molecule has 244 valence electrons. The number of fused-ring (bicyclic) bond motifs is 1. The van der Waals surface area contributed by atoms with Crippen molar-refractivity contribution in [1.82, 2.24) is 30.4 Å². The third kappa shape index (κ3) is 8.39. The van der Waals surface area contributed by atoms with E-state index in [-0.39, 0.29) is 59.8 Å². The van der Waals surface area contributed by atoms with Gasteiger partial charge in [0.25, 0.3) is 0 Å². The molecule has 3 unspecified atom stereocenters. The number of likely N-dealkylation sites (tertiary alicyclic amines) is 1. The van der Waals surface area contributed by atoms with Gasteiger partial charge in [0.15, 0.2) is 24.3 Å². The van der Waals surface area contributed by atoms with Crippen LogP contribution in [0.5, 0.6) is 0 Å². The van der Waals surface area contributed by atoms with Gasteiger partial charge >= 0.3 is 18.2 Å².